The van der Waals surface area contributed by atoms with Gasteiger partial charge in [0.2, 0.25) is 0 Å². The van der Waals surface area contributed by atoms with E-state index in [4.69, 9.17) is 11.6 Å². The fourth-order valence-electron chi connectivity index (χ4n) is 0.954. The van der Waals surface area contributed by atoms with Crippen molar-refractivity contribution in [3.8, 4) is 0 Å². The molecule has 0 aliphatic heterocycles. The van der Waals surface area contributed by atoms with Gasteiger partial charge >= 0.3 is 0 Å². The third-order valence-corrected chi connectivity index (χ3v) is 2.55. The molecule has 0 radical (unpaired) electrons. The van der Waals surface area contributed by atoms with Crippen molar-refractivity contribution in [3.63, 3.8) is 0 Å². The van der Waals surface area contributed by atoms with Crippen molar-refractivity contribution in [1.29, 1.82) is 0 Å². The Morgan fingerprint density at radius 2 is 2.07 bits per heavy atom. The van der Waals surface area contributed by atoms with Crippen LogP contribution in [0.2, 0.25) is 5.02 Å². The molecule has 1 aromatic rings. The van der Waals surface area contributed by atoms with E-state index < -0.39 is 0 Å². The maximum absolute atomic E-state index is 6.09. The molecule has 0 atom stereocenters. The number of hydrogen-bond acceptors (Lipinski definition) is 4. The van der Waals surface area contributed by atoms with Gasteiger partial charge in [0.05, 0.1) is 5.69 Å². The highest BCUT2D eigenvalue weighted by molar-refractivity contribution is 7.98. The minimum absolute atomic E-state index is 0.544. The molecule has 1 rings (SSSR count). The molecule has 0 aromatic carbocycles. The average Bonchev–Trinajstić information content (AvgIpc) is 2.17. The second-order valence-electron chi connectivity index (χ2n) is 2.83. The Morgan fingerprint density at radius 1 is 1.43 bits per heavy atom. The summed E-state index contributed by atoms with van der Waals surface area (Å²) in [5.74, 6) is 0.723. The molecule has 0 spiro atoms. The Hall–Kier alpha value is -0.740. The SMILES string of the molecule is C=Cc1nc(SC)nc(N(C)C)c1Cl. The number of halogens is 1. The van der Waals surface area contributed by atoms with Crippen LogP contribution in [0.1, 0.15) is 5.69 Å². The number of nitrogens with zero attached hydrogens (tertiary/aromatic N) is 3. The number of anilines is 1. The molecule has 3 nitrogen and oxygen atoms in total. The number of aromatic nitrogens is 2. The molecular formula is C9H12ClN3S. The van der Waals surface area contributed by atoms with Crippen LogP contribution >= 0.6 is 23.4 Å². The van der Waals surface area contributed by atoms with Gasteiger partial charge < -0.3 is 4.90 Å². The van der Waals surface area contributed by atoms with Crippen molar-refractivity contribution < 1.29 is 0 Å². The summed E-state index contributed by atoms with van der Waals surface area (Å²) in [6, 6.07) is 0. The van der Waals surface area contributed by atoms with E-state index in [0.717, 1.165) is 5.82 Å². The van der Waals surface area contributed by atoms with E-state index in [1.165, 1.54) is 11.8 Å². The number of rotatable bonds is 3. The molecule has 76 valence electrons. The van der Waals surface area contributed by atoms with Crippen molar-refractivity contribution in [2.45, 2.75) is 5.16 Å². The summed E-state index contributed by atoms with van der Waals surface area (Å²) in [6.07, 6.45) is 3.56. The maximum atomic E-state index is 6.09. The van der Waals surface area contributed by atoms with E-state index in [1.54, 1.807) is 6.08 Å². The molecule has 0 saturated heterocycles. The molecule has 0 fully saturated rings. The van der Waals surface area contributed by atoms with E-state index >= 15 is 0 Å². The standard InChI is InChI=1S/C9H12ClN3S/c1-5-6-7(10)8(13(2)3)12-9(11-6)14-4/h5H,1H2,2-4H3. The Bertz CT molecular complexity index is 352. The van der Waals surface area contributed by atoms with Crippen molar-refractivity contribution >= 4 is 35.3 Å². The molecule has 0 saturated carbocycles. The molecule has 0 bridgehead atoms. The second-order valence-corrected chi connectivity index (χ2v) is 3.98. The van der Waals surface area contributed by atoms with Gasteiger partial charge in [-0.25, -0.2) is 9.97 Å². The van der Waals surface area contributed by atoms with Gasteiger partial charge in [-0.1, -0.05) is 29.9 Å². The lowest BCUT2D eigenvalue weighted by Crippen LogP contribution is -2.13. The van der Waals surface area contributed by atoms with Crippen LogP contribution in [0.3, 0.4) is 0 Å². The van der Waals surface area contributed by atoms with Crippen LogP contribution in [0.5, 0.6) is 0 Å². The van der Waals surface area contributed by atoms with E-state index in [2.05, 4.69) is 16.5 Å². The van der Waals surface area contributed by atoms with Gasteiger partial charge in [-0.05, 0) is 12.3 Å². The average molecular weight is 230 g/mol. The highest BCUT2D eigenvalue weighted by Crippen LogP contribution is 2.27. The predicted molar refractivity (Wildman–Crippen MR) is 63.2 cm³/mol. The summed E-state index contributed by atoms with van der Waals surface area (Å²) in [5, 5.41) is 1.25. The Balaban J connectivity index is 3.34. The fraction of sp³-hybridized carbons (Fsp3) is 0.333. The molecule has 0 amide bonds. The topological polar surface area (TPSA) is 29.0 Å². The molecular weight excluding hydrogens is 218 g/mol. The van der Waals surface area contributed by atoms with Crippen LogP contribution in [0.4, 0.5) is 5.82 Å². The van der Waals surface area contributed by atoms with Crippen LogP contribution < -0.4 is 4.90 Å². The van der Waals surface area contributed by atoms with Gasteiger partial charge in [-0.15, -0.1) is 0 Å². The van der Waals surface area contributed by atoms with Gasteiger partial charge in [0.25, 0.3) is 0 Å². The van der Waals surface area contributed by atoms with Gasteiger partial charge in [-0.3, -0.25) is 0 Å². The van der Waals surface area contributed by atoms with Crippen LogP contribution in [0.15, 0.2) is 11.7 Å². The zero-order valence-corrected chi connectivity index (χ0v) is 9.98. The molecule has 0 aliphatic rings. The second kappa shape index (κ2) is 4.66. The quantitative estimate of drug-likeness (QED) is 0.589. The summed E-state index contributed by atoms with van der Waals surface area (Å²) in [7, 11) is 3.79. The van der Waals surface area contributed by atoms with Crippen molar-refractivity contribution in [1.82, 2.24) is 9.97 Å². The van der Waals surface area contributed by atoms with Gasteiger partial charge in [0.15, 0.2) is 11.0 Å². The summed E-state index contributed by atoms with van der Waals surface area (Å²) < 4.78 is 0. The summed E-state index contributed by atoms with van der Waals surface area (Å²) in [6.45, 7) is 3.67. The van der Waals surface area contributed by atoms with Gasteiger partial charge in [0.1, 0.15) is 5.02 Å². The molecule has 0 unspecified atom stereocenters. The molecule has 14 heavy (non-hydrogen) atoms. The largest absolute Gasteiger partial charge is 0.361 e. The summed E-state index contributed by atoms with van der Waals surface area (Å²) in [4.78, 5) is 10.4. The number of hydrogen-bond donors (Lipinski definition) is 0. The normalized spacial score (nSPS) is 10.0. The van der Waals surface area contributed by atoms with Crippen LogP contribution in [-0.2, 0) is 0 Å². The lowest BCUT2D eigenvalue weighted by molar-refractivity contribution is 0.924. The third-order valence-electron chi connectivity index (χ3n) is 1.64. The molecule has 5 heteroatoms. The van der Waals surface area contributed by atoms with Crippen LogP contribution in [-0.4, -0.2) is 30.3 Å². The molecule has 1 aromatic heterocycles. The van der Waals surface area contributed by atoms with E-state index in [-0.39, 0.29) is 0 Å². The molecule has 0 aliphatic carbocycles. The summed E-state index contributed by atoms with van der Waals surface area (Å²) in [5.41, 5.74) is 0.676. The molecule has 0 N–H and O–H groups in total. The zero-order valence-electron chi connectivity index (χ0n) is 8.41. The predicted octanol–water partition coefficient (Wildman–Crippen LogP) is 2.56. The van der Waals surface area contributed by atoms with Crippen molar-refractivity contribution in [3.05, 3.63) is 17.3 Å². The monoisotopic (exact) mass is 229 g/mol. The van der Waals surface area contributed by atoms with E-state index in [9.17, 15) is 0 Å². The Kier molecular flexibility index (Phi) is 3.77. The first-order chi connectivity index (χ1) is 6.60. The van der Waals surface area contributed by atoms with E-state index in [0.29, 0.717) is 15.9 Å². The first-order valence-electron chi connectivity index (χ1n) is 4.01. The van der Waals surface area contributed by atoms with Crippen molar-refractivity contribution in [2.75, 3.05) is 25.3 Å². The summed E-state index contributed by atoms with van der Waals surface area (Å²) >= 11 is 7.57. The highest BCUT2D eigenvalue weighted by atomic mass is 35.5. The molecule has 1 heterocycles. The lowest BCUT2D eigenvalue weighted by Gasteiger charge is -2.14. The fourth-order valence-corrected chi connectivity index (χ4v) is 1.65. The Morgan fingerprint density at radius 3 is 2.50 bits per heavy atom. The minimum atomic E-state index is 0.544. The maximum Gasteiger partial charge on any atom is 0.189 e. The van der Waals surface area contributed by atoms with Gasteiger partial charge in [-0.2, -0.15) is 0 Å². The smallest absolute Gasteiger partial charge is 0.189 e. The highest BCUT2D eigenvalue weighted by Gasteiger charge is 2.11. The Labute approximate surface area is 93.2 Å². The number of thioether (sulfide) groups is 1. The lowest BCUT2D eigenvalue weighted by atomic mass is 10.4. The van der Waals surface area contributed by atoms with E-state index in [1.807, 2.05) is 25.3 Å². The first kappa shape index (κ1) is 11.3. The third kappa shape index (κ3) is 2.19. The van der Waals surface area contributed by atoms with Gasteiger partial charge in [0, 0.05) is 14.1 Å². The minimum Gasteiger partial charge on any atom is -0.361 e. The van der Waals surface area contributed by atoms with Crippen molar-refractivity contribution in [2.24, 2.45) is 0 Å². The van der Waals surface area contributed by atoms with Crippen LogP contribution in [0.25, 0.3) is 6.08 Å². The first-order valence-corrected chi connectivity index (χ1v) is 5.61. The van der Waals surface area contributed by atoms with Crippen LogP contribution in [0, 0.1) is 0 Å². The zero-order chi connectivity index (χ0) is 10.7.